The molecule has 0 aliphatic carbocycles. The lowest BCUT2D eigenvalue weighted by molar-refractivity contribution is 0.102. The number of halogens is 2. The van der Waals surface area contributed by atoms with Gasteiger partial charge in [-0.1, -0.05) is 23.2 Å². The molecule has 0 spiro atoms. The monoisotopic (exact) mass is 284 g/mol. The smallest absolute Gasteiger partial charge is 0.259 e. The second kappa shape index (κ2) is 4.92. The Morgan fingerprint density at radius 3 is 2.44 bits per heavy atom. The zero-order valence-electron chi connectivity index (χ0n) is 9.46. The van der Waals surface area contributed by atoms with Crippen LogP contribution in [0.3, 0.4) is 0 Å². The molecule has 0 radical (unpaired) electrons. The first-order valence-electron chi connectivity index (χ1n) is 5.09. The van der Waals surface area contributed by atoms with Gasteiger partial charge in [-0.25, -0.2) is 0 Å². The fourth-order valence-corrected chi connectivity index (χ4v) is 1.96. The van der Waals surface area contributed by atoms with Crippen LogP contribution in [0.2, 0.25) is 10.0 Å². The van der Waals surface area contributed by atoms with Crippen molar-refractivity contribution in [2.75, 3.05) is 11.1 Å². The van der Waals surface area contributed by atoms with E-state index in [0.717, 1.165) is 0 Å². The number of carbonyl (C=O) groups excluding carboxylic acids is 1. The summed E-state index contributed by atoms with van der Waals surface area (Å²) in [6.07, 6.45) is 1.45. The quantitative estimate of drug-likeness (QED) is 0.826. The molecule has 1 heterocycles. The third-order valence-electron chi connectivity index (χ3n) is 2.44. The Bertz CT molecular complexity index is 585. The molecule has 0 fully saturated rings. The van der Waals surface area contributed by atoms with Gasteiger partial charge in [0, 0.05) is 5.69 Å². The molecule has 3 N–H and O–H groups in total. The van der Waals surface area contributed by atoms with Gasteiger partial charge in [0.15, 0.2) is 0 Å². The van der Waals surface area contributed by atoms with E-state index in [1.807, 2.05) is 0 Å². The number of nitrogen functional groups attached to an aromatic ring is 1. The third kappa shape index (κ3) is 2.44. The van der Waals surface area contributed by atoms with E-state index in [1.54, 1.807) is 13.0 Å². The number of hydrogen-bond acceptors (Lipinski definition) is 3. The summed E-state index contributed by atoms with van der Waals surface area (Å²) in [7, 11) is 0. The number of rotatable bonds is 2. The van der Waals surface area contributed by atoms with E-state index < -0.39 is 0 Å². The Morgan fingerprint density at radius 2 is 1.94 bits per heavy atom. The van der Waals surface area contributed by atoms with Crippen molar-refractivity contribution >= 4 is 40.5 Å². The zero-order chi connectivity index (χ0) is 13.3. The lowest BCUT2D eigenvalue weighted by atomic mass is 10.2. The van der Waals surface area contributed by atoms with Crippen LogP contribution in [0, 0.1) is 6.92 Å². The average molecular weight is 285 g/mol. The number of benzene rings is 1. The minimum absolute atomic E-state index is 0.288. The van der Waals surface area contributed by atoms with Crippen molar-refractivity contribution in [1.29, 1.82) is 0 Å². The van der Waals surface area contributed by atoms with E-state index in [-0.39, 0.29) is 11.6 Å². The van der Waals surface area contributed by atoms with Crippen molar-refractivity contribution in [3.8, 4) is 0 Å². The Kier molecular flexibility index (Phi) is 3.50. The summed E-state index contributed by atoms with van der Waals surface area (Å²) >= 11 is 11.8. The predicted octanol–water partition coefficient (Wildman–Crippen LogP) is 3.73. The van der Waals surface area contributed by atoms with Crippen LogP contribution in [-0.4, -0.2) is 5.91 Å². The van der Waals surface area contributed by atoms with Crippen LogP contribution in [-0.2, 0) is 0 Å². The number of carbonyl (C=O) groups is 1. The number of amides is 1. The van der Waals surface area contributed by atoms with Gasteiger partial charge in [-0.05, 0) is 25.1 Å². The largest absolute Gasteiger partial charge is 0.469 e. The van der Waals surface area contributed by atoms with Gasteiger partial charge in [0.2, 0.25) is 0 Å². The van der Waals surface area contributed by atoms with Gasteiger partial charge in [0.25, 0.3) is 5.91 Å². The van der Waals surface area contributed by atoms with E-state index in [0.29, 0.717) is 27.1 Å². The van der Waals surface area contributed by atoms with Gasteiger partial charge in [-0.3, -0.25) is 4.79 Å². The predicted molar refractivity (Wildman–Crippen MR) is 72.3 cm³/mol. The topological polar surface area (TPSA) is 68.3 Å². The minimum Gasteiger partial charge on any atom is -0.469 e. The lowest BCUT2D eigenvalue weighted by Gasteiger charge is -2.08. The number of furan rings is 1. The van der Waals surface area contributed by atoms with Crippen LogP contribution in [0.4, 0.5) is 11.4 Å². The van der Waals surface area contributed by atoms with E-state index >= 15 is 0 Å². The maximum atomic E-state index is 11.9. The van der Waals surface area contributed by atoms with Crippen LogP contribution in [0.5, 0.6) is 0 Å². The van der Waals surface area contributed by atoms with Crippen LogP contribution >= 0.6 is 23.2 Å². The molecule has 2 rings (SSSR count). The van der Waals surface area contributed by atoms with E-state index in [4.69, 9.17) is 33.4 Å². The standard InChI is InChI=1S/C12H10Cl2N2O2/c1-6-8(2-3-18-6)12(17)16-7-4-9(13)11(15)10(14)5-7/h2-5H,15H2,1H3,(H,16,17). The molecule has 0 aliphatic heterocycles. The SMILES string of the molecule is Cc1occc1C(=O)Nc1cc(Cl)c(N)c(Cl)c1. The highest BCUT2D eigenvalue weighted by Gasteiger charge is 2.13. The first kappa shape index (κ1) is 12.8. The molecule has 0 bridgehead atoms. The number of anilines is 2. The molecule has 0 saturated carbocycles. The molecule has 0 aliphatic rings. The Morgan fingerprint density at radius 1 is 1.33 bits per heavy atom. The van der Waals surface area contributed by atoms with Crippen LogP contribution in [0.1, 0.15) is 16.1 Å². The summed E-state index contributed by atoms with van der Waals surface area (Å²) in [4.78, 5) is 11.9. The molecule has 0 unspecified atom stereocenters. The summed E-state index contributed by atoms with van der Waals surface area (Å²) in [5, 5.41) is 3.26. The molecule has 1 aromatic carbocycles. The van der Waals surface area contributed by atoms with E-state index in [2.05, 4.69) is 5.32 Å². The van der Waals surface area contributed by atoms with Crippen molar-refractivity contribution in [2.45, 2.75) is 6.92 Å². The van der Waals surface area contributed by atoms with Crippen molar-refractivity contribution in [3.63, 3.8) is 0 Å². The van der Waals surface area contributed by atoms with Crippen molar-refractivity contribution in [1.82, 2.24) is 0 Å². The number of nitrogens with two attached hydrogens (primary N) is 1. The first-order chi connectivity index (χ1) is 8.49. The van der Waals surface area contributed by atoms with Gasteiger partial charge in [-0.2, -0.15) is 0 Å². The van der Waals surface area contributed by atoms with Gasteiger partial charge >= 0.3 is 0 Å². The van der Waals surface area contributed by atoms with E-state index in [1.165, 1.54) is 18.4 Å². The number of hydrogen-bond donors (Lipinski definition) is 2. The molecule has 6 heteroatoms. The molecular weight excluding hydrogens is 275 g/mol. The molecule has 1 aromatic heterocycles. The highest BCUT2D eigenvalue weighted by atomic mass is 35.5. The highest BCUT2D eigenvalue weighted by Crippen LogP contribution is 2.31. The van der Waals surface area contributed by atoms with Crippen molar-refractivity contribution in [2.24, 2.45) is 0 Å². The highest BCUT2D eigenvalue weighted by molar-refractivity contribution is 6.39. The Hall–Kier alpha value is -1.65. The van der Waals surface area contributed by atoms with Gasteiger partial charge in [0.1, 0.15) is 5.76 Å². The van der Waals surface area contributed by atoms with Gasteiger partial charge in [0.05, 0.1) is 27.6 Å². The number of aryl methyl sites for hydroxylation is 1. The first-order valence-corrected chi connectivity index (χ1v) is 5.84. The van der Waals surface area contributed by atoms with Crippen molar-refractivity contribution in [3.05, 3.63) is 45.8 Å². The average Bonchev–Trinajstić information content (AvgIpc) is 2.72. The molecule has 1 amide bonds. The maximum Gasteiger partial charge on any atom is 0.259 e. The molecule has 2 aromatic rings. The fourth-order valence-electron chi connectivity index (χ4n) is 1.48. The Labute approximate surface area is 114 Å². The minimum atomic E-state index is -0.293. The number of nitrogens with one attached hydrogen (secondary N) is 1. The molecule has 0 atom stereocenters. The Balaban J connectivity index is 2.25. The summed E-state index contributed by atoms with van der Waals surface area (Å²) in [5.74, 6) is 0.248. The van der Waals surface area contributed by atoms with Gasteiger partial charge in [-0.15, -0.1) is 0 Å². The fraction of sp³-hybridized carbons (Fsp3) is 0.0833. The molecule has 94 valence electrons. The second-order valence-electron chi connectivity index (χ2n) is 3.70. The van der Waals surface area contributed by atoms with Gasteiger partial charge < -0.3 is 15.5 Å². The summed E-state index contributed by atoms with van der Waals surface area (Å²) in [6, 6.07) is 4.66. The summed E-state index contributed by atoms with van der Waals surface area (Å²) < 4.78 is 5.06. The van der Waals surface area contributed by atoms with Crippen LogP contribution in [0.25, 0.3) is 0 Å². The lowest BCUT2D eigenvalue weighted by Crippen LogP contribution is -2.12. The van der Waals surface area contributed by atoms with Crippen LogP contribution < -0.4 is 11.1 Å². The maximum absolute atomic E-state index is 11.9. The summed E-state index contributed by atoms with van der Waals surface area (Å²) in [5.41, 5.74) is 6.83. The summed E-state index contributed by atoms with van der Waals surface area (Å²) in [6.45, 7) is 1.71. The normalized spacial score (nSPS) is 10.4. The molecule has 0 saturated heterocycles. The zero-order valence-corrected chi connectivity index (χ0v) is 11.0. The molecular formula is C12H10Cl2N2O2. The third-order valence-corrected chi connectivity index (χ3v) is 3.07. The molecule has 18 heavy (non-hydrogen) atoms. The van der Waals surface area contributed by atoms with Crippen molar-refractivity contribution < 1.29 is 9.21 Å². The van der Waals surface area contributed by atoms with E-state index in [9.17, 15) is 4.79 Å². The second-order valence-corrected chi connectivity index (χ2v) is 4.51. The van der Waals surface area contributed by atoms with Crippen LogP contribution in [0.15, 0.2) is 28.9 Å². The molecule has 4 nitrogen and oxygen atoms in total.